The highest BCUT2D eigenvalue weighted by molar-refractivity contribution is 6.02. The molecule has 1 fully saturated rings. The Morgan fingerprint density at radius 3 is 2.70 bits per heavy atom. The number of benzene rings is 1. The Bertz CT molecular complexity index is 1020. The third kappa shape index (κ3) is 4.03. The predicted molar refractivity (Wildman–Crippen MR) is 102 cm³/mol. The molecule has 7 nitrogen and oxygen atoms in total. The second kappa shape index (κ2) is 8.21. The molecule has 2 aromatic rings. The number of aryl methyl sites for hydroxylation is 1. The predicted octanol–water partition coefficient (Wildman–Crippen LogP) is 3.20. The van der Waals surface area contributed by atoms with Crippen LogP contribution in [0.5, 0.6) is 0 Å². The SMILES string of the molecule is CO/N=C1/C[C@@H](C=O)N(C(=O)c2cnc(-c3cccc(C)c3C)c(C(F)(F)F)n2)C1. The summed E-state index contributed by atoms with van der Waals surface area (Å²) in [7, 11) is 1.32. The number of hydrogen-bond acceptors (Lipinski definition) is 6. The Hall–Kier alpha value is -3.30. The maximum atomic E-state index is 13.8. The van der Waals surface area contributed by atoms with Gasteiger partial charge in [-0.3, -0.25) is 9.78 Å². The van der Waals surface area contributed by atoms with Crippen molar-refractivity contribution < 1.29 is 27.6 Å². The van der Waals surface area contributed by atoms with Crippen LogP contribution in [0.1, 0.15) is 33.7 Å². The fourth-order valence-corrected chi connectivity index (χ4v) is 3.31. The smallest absolute Gasteiger partial charge is 0.399 e. The molecule has 1 atom stereocenters. The van der Waals surface area contributed by atoms with Crippen molar-refractivity contribution in [1.82, 2.24) is 14.9 Å². The van der Waals surface area contributed by atoms with Crippen LogP contribution in [0.25, 0.3) is 11.3 Å². The minimum absolute atomic E-state index is 0.0438. The maximum Gasteiger partial charge on any atom is 0.435 e. The van der Waals surface area contributed by atoms with E-state index in [9.17, 15) is 22.8 Å². The molecule has 2 heterocycles. The van der Waals surface area contributed by atoms with Crippen LogP contribution < -0.4 is 0 Å². The quantitative estimate of drug-likeness (QED) is 0.560. The Morgan fingerprint density at radius 1 is 1.33 bits per heavy atom. The van der Waals surface area contributed by atoms with Gasteiger partial charge in [-0.25, -0.2) is 4.98 Å². The fraction of sp³-hybridized carbons (Fsp3) is 0.350. The first-order valence-electron chi connectivity index (χ1n) is 9.03. The molecular weight excluding hydrogens is 401 g/mol. The molecule has 1 amide bonds. The van der Waals surface area contributed by atoms with Crippen molar-refractivity contribution in [2.45, 2.75) is 32.5 Å². The summed E-state index contributed by atoms with van der Waals surface area (Å²) in [5.74, 6) is -0.834. The Kier molecular flexibility index (Phi) is 5.86. The molecule has 1 aromatic heterocycles. The molecule has 0 saturated carbocycles. The number of rotatable bonds is 4. The van der Waals surface area contributed by atoms with Gasteiger partial charge < -0.3 is 14.5 Å². The molecule has 0 spiro atoms. The monoisotopic (exact) mass is 420 g/mol. The average Bonchev–Trinajstić information content (AvgIpc) is 3.12. The van der Waals surface area contributed by atoms with Crippen LogP contribution in [0.2, 0.25) is 0 Å². The molecule has 158 valence electrons. The number of carbonyl (C=O) groups is 2. The molecule has 0 radical (unpaired) electrons. The summed E-state index contributed by atoms with van der Waals surface area (Å²) in [6, 6.07) is 4.08. The zero-order chi connectivity index (χ0) is 22.1. The molecule has 30 heavy (non-hydrogen) atoms. The molecule has 0 aliphatic carbocycles. The summed E-state index contributed by atoms with van der Waals surface area (Å²) < 4.78 is 41.3. The van der Waals surface area contributed by atoms with E-state index in [2.05, 4.69) is 20.0 Å². The summed E-state index contributed by atoms with van der Waals surface area (Å²) in [5.41, 5.74) is 0.0526. The number of likely N-dealkylation sites (tertiary alicyclic amines) is 1. The van der Waals surface area contributed by atoms with Crippen molar-refractivity contribution >= 4 is 17.9 Å². The normalized spacial score (nSPS) is 18.0. The summed E-state index contributed by atoms with van der Waals surface area (Å²) >= 11 is 0. The van der Waals surface area contributed by atoms with Gasteiger partial charge in [-0.2, -0.15) is 13.2 Å². The van der Waals surface area contributed by atoms with E-state index in [1.165, 1.54) is 13.2 Å². The second-order valence-electron chi connectivity index (χ2n) is 6.88. The van der Waals surface area contributed by atoms with Crippen molar-refractivity contribution in [1.29, 1.82) is 0 Å². The van der Waals surface area contributed by atoms with Crippen LogP contribution in [0.3, 0.4) is 0 Å². The van der Waals surface area contributed by atoms with Crippen LogP contribution >= 0.6 is 0 Å². The Labute approximate surface area is 170 Å². The highest BCUT2D eigenvalue weighted by Crippen LogP contribution is 2.36. The van der Waals surface area contributed by atoms with E-state index in [0.717, 1.165) is 16.7 Å². The Morgan fingerprint density at radius 2 is 2.07 bits per heavy atom. The first-order valence-corrected chi connectivity index (χ1v) is 9.03. The van der Waals surface area contributed by atoms with Crippen LogP contribution in [-0.4, -0.2) is 52.5 Å². The lowest BCUT2D eigenvalue weighted by molar-refractivity contribution is -0.140. The summed E-state index contributed by atoms with van der Waals surface area (Å²) in [4.78, 5) is 37.5. The van der Waals surface area contributed by atoms with Crippen molar-refractivity contribution in [2.24, 2.45) is 5.16 Å². The molecule has 10 heteroatoms. The summed E-state index contributed by atoms with van der Waals surface area (Å²) in [5, 5.41) is 3.72. The number of aromatic nitrogens is 2. The van der Waals surface area contributed by atoms with Gasteiger partial charge >= 0.3 is 6.18 Å². The third-order valence-corrected chi connectivity index (χ3v) is 4.96. The van der Waals surface area contributed by atoms with Gasteiger partial charge in [0.2, 0.25) is 0 Å². The standard InChI is InChI=1S/C20H19F3N4O3/c1-11-5-4-6-15(12(11)2)17-18(20(21,22)23)25-16(8-24-17)19(29)27-9-13(26-30-3)7-14(27)10-28/h4-6,8,10,14H,7,9H2,1-3H3/b26-13-/t14-/m0/s1. The van der Waals surface area contributed by atoms with Gasteiger partial charge in [0.15, 0.2) is 5.69 Å². The van der Waals surface area contributed by atoms with Crippen molar-refractivity contribution in [3.63, 3.8) is 0 Å². The lowest BCUT2D eigenvalue weighted by atomic mass is 9.99. The number of alkyl halides is 3. The van der Waals surface area contributed by atoms with Gasteiger partial charge in [-0.05, 0) is 25.0 Å². The van der Waals surface area contributed by atoms with E-state index in [1.54, 1.807) is 26.0 Å². The van der Waals surface area contributed by atoms with E-state index in [1.807, 2.05) is 0 Å². The van der Waals surface area contributed by atoms with Crippen LogP contribution in [0.15, 0.2) is 29.6 Å². The second-order valence-corrected chi connectivity index (χ2v) is 6.88. The number of amides is 1. The van der Waals surface area contributed by atoms with Crippen molar-refractivity contribution in [2.75, 3.05) is 13.7 Å². The van der Waals surface area contributed by atoms with E-state index < -0.39 is 29.5 Å². The minimum atomic E-state index is -4.83. The van der Waals surface area contributed by atoms with E-state index >= 15 is 0 Å². The number of oxime groups is 1. The minimum Gasteiger partial charge on any atom is -0.399 e. The van der Waals surface area contributed by atoms with Gasteiger partial charge in [-0.15, -0.1) is 0 Å². The largest absolute Gasteiger partial charge is 0.435 e. The molecule has 3 rings (SSSR count). The molecule has 1 aliphatic rings. The summed E-state index contributed by atoms with van der Waals surface area (Å²) in [6.45, 7) is 3.43. The average molecular weight is 420 g/mol. The number of aldehydes is 1. The van der Waals surface area contributed by atoms with Gasteiger partial charge in [0.05, 0.1) is 24.5 Å². The molecule has 1 saturated heterocycles. The molecule has 1 aliphatic heterocycles. The van der Waals surface area contributed by atoms with E-state index in [4.69, 9.17) is 0 Å². The highest BCUT2D eigenvalue weighted by atomic mass is 19.4. The van der Waals surface area contributed by atoms with E-state index in [-0.39, 0.29) is 24.2 Å². The van der Waals surface area contributed by atoms with Gasteiger partial charge in [0.1, 0.15) is 24.8 Å². The van der Waals surface area contributed by atoms with Gasteiger partial charge in [0.25, 0.3) is 5.91 Å². The molecule has 0 unspecified atom stereocenters. The third-order valence-electron chi connectivity index (χ3n) is 4.96. The lowest BCUT2D eigenvalue weighted by Crippen LogP contribution is -2.37. The lowest BCUT2D eigenvalue weighted by Gasteiger charge is -2.20. The molecule has 0 bridgehead atoms. The van der Waals surface area contributed by atoms with Gasteiger partial charge in [0, 0.05) is 12.0 Å². The fourth-order valence-electron chi connectivity index (χ4n) is 3.31. The van der Waals surface area contributed by atoms with Crippen LogP contribution in [0, 0.1) is 13.8 Å². The van der Waals surface area contributed by atoms with Crippen molar-refractivity contribution in [3.8, 4) is 11.3 Å². The van der Waals surface area contributed by atoms with Crippen molar-refractivity contribution in [3.05, 3.63) is 46.9 Å². The summed E-state index contributed by atoms with van der Waals surface area (Å²) in [6.07, 6.45) is -3.14. The maximum absolute atomic E-state index is 13.8. The Balaban J connectivity index is 2.06. The zero-order valence-electron chi connectivity index (χ0n) is 16.5. The number of nitrogens with zero attached hydrogens (tertiary/aromatic N) is 4. The molecule has 0 N–H and O–H groups in total. The first-order chi connectivity index (χ1) is 14.2. The van der Waals surface area contributed by atoms with Gasteiger partial charge in [-0.1, -0.05) is 23.4 Å². The highest BCUT2D eigenvalue weighted by Gasteiger charge is 2.40. The topological polar surface area (TPSA) is 84.8 Å². The number of carbonyl (C=O) groups excluding carboxylic acids is 2. The molecular formula is C20H19F3N4O3. The van der Waals surface area contributed by atoms with E-state index in [0.29, 0.717) is 17.6 Å². The number of halogens is 3. The first kappa shape index (κ1) is 21.4. The molecule has 1 aromatic carbocycles. The zero-order valence-corrected chi connectivity index (χ0v) is 16.5. The number of hydrogen-bond donors (Lipinski definition) is 0. The van der Waals surface area contributed by atoms with Crippen LogP contribution in [-0.2, 0) is 15.8 Å². The van der Waals surface area contributed by atoms with Crippen LogP contribution in [0.4, 0.5) is 13.2 Å².